The van der Waals surface area contributed by atoms with E-state index in [9.17, 15) is 30.1 Å². The molecule has 0 radical (unpaired) electrons. The molecule has 1 aliphatic rings. The van der Waals surface area contributed by atoms with Crippen molar-refractivity contribution in [3.8, 4) is 0 Å². The minimum Gasteiger partial charge on any atom is -0.394 e. The molecule has 0 bridgehead atoms. The molecule has 0 aromatic heterocycles. The number of carbonyl (C=O) groups excluding carboxylic acids is 1. The molecule has 0 aromatic rings. The molecule has 1 heterocycles. The first-order valence-electron chi connectivity index (χ1n) is 6.22. The zero-order valence-electron chi connectivity index (χ0n) is 11.6. The summed E-state index contributed by atoms with van der Waals surface area (Å²) < 4.78 is 4.83. The summed E-state index contributed by atoms with van der Waals surface area (Å²) in [5.41, 5.74) is -2.80. The number of ether oxygens (including phenoxy) is 1. The quantitative estimate of drug-likeness (QED) is 0.137. The number of nitrogens with zero attached hydrogens (tertiary/aromatic N) is 2. The van der Waals surface area contributed by atoms with Gasteiger partial charge in [0, 0.05) is 5.88 Å². The van der Waals surface area contributed by atoms with Crippen LogP contribution in [0, 0.1) is 4.91 Å². The summed E-state index contributed by atoms with van der Waals surface area (Å²) in [6.07, 6.45) is -5.69. The normalized spacial score (nSPS) is 38.4. The lowest BCUT2D eigenvalue weighted by Gasteiger charge is -2.50. The van der Waals surface area contributed by atoms with E-state index >= 15 is 0 Å². The maximum atomic E-state index is 11.8. The lowest BCUT2D eigenvalue weighted by atomic mass is 9.87. The predicted octanol–water partition coefficient (Wildman–Crippen LogP) is -2.57. The first-order valence-corrected chi connectivity index (χ1v) is 6.76. The Morgan fingerprint density at radius 1 is 1.45 bits per heavy atom. The lowest BCUT2D eigenvalue weighted by molar-refractivity contribution is -0.372. The molecule has 1 aliphatic heterocycles. The van der Waals surface area contributed by atoms with E-state index in [1.54, 1.807) is 5.32 Å². The molecular formula is C10H18ClN3O8. The Morgan fingerprint density at radius 2 is 2.05 bits per heavy atom. The number of halogens is 1. The molecule has 1 fully saturated rings. The molecule has 0 spiro atoms. The van der Waals surface area contributed by atoms with Crippen LogP contribution in [0.1, 0.15) is 6.92 Å². The molecule has 22 heavy (non-hydrogen) atoms. The average Bonchev–Trinajstić information content (AvgIpc) is 2.47. The molecule has 12 heteroatoms. The summed E-state index contributed by atoms with van der Waals surface area (Å²) in [5, 5.41) is 53.7. The summed E-state index contributed by atoms with van der Waals surface area (Å²) in [6.45, 7) is -0.160. The van der Waals surface area contributed by atoms with Crippen LogP contribution in [0.5, 0.6) is 0 Å². The fourth-order valence-corrected chi connectivity index (χ4v) is 2.22. The lowest BCUT2D eigenvalue weighted by Crippen LogP contribution is -2.77. The molecule has 0 saturated carbocycles. The Kier molecular flexibility index (Phi) is 6.03. The van der Waals surface area contributed by atoms with Crippen molar-refractivity contribution >= 4 is 17.6 Å². The van der Waals surface area contributed by atoms with E-state index < -0.39 is 42.5 Å². The second kappa shape index (κ2) is 7.00. The topological polar surface area (TPSA) is 172 Å². The Morgan fingerprint density at radius 3 is 2.50 bits per heavy atom. The third-order valence-electron chi connectivity index (χ3n) is 3.23. The largest absolute Gasteiger partial charge is 0.394 e. The van der Waals surface area contributed by atoms with Crippen molar-refractivity contribution in [2.45, 2.75) is 36.7 Å². The zero-order valence-corrected chi connectivity index (χ0v) is 12.3. The van der Waals surface area contributed by atoms with Crippen molar-refractivity contribution in [2.24, 2.45) is 5.29 Å². The molecular weight excluding hydrogens is 326 g/mol. The molecule has 0 aromatic carbocycles. The van der Waals surface area contributed by atoms with Crippen LogP contribution in [-0.2, 0) is 4.74 Å². The second-order valence-corrected chi connectivity index (χ2v) is 5.27. The highest BCUT2D eigenvalue weighted by molar-refractivity contribution is 6.18. The van der Waals surface area contributed by atoms with Crippen LogP contribution in [0.25, 0.3) is 0 Å². The molecule has 0 aliphatic carbocycles. The third-order valence-corrected chi connectivity index (χ3v) is 3.40. The molecule has 128 valence electrons. The predicted molar refractivity (Wildman–Crippen MR) is 71.3 cm³/mol. The molecule has 1 saturated heterocycles. The van der Waals surface area contributed by atoms with Crippen LogP contribution in [0.3, 0.4) is 0 Å². The maximum absolute atomic E-state index is 11.8. The van der Waals surface area contributed by atoms with Crippen molar-refractivity contribution in [2.75, 3.05) is 19.0 Å². The van der Waals surface area contributed by atoms with E-state index in [4.69, 9.17) is 21.4 Å². The number of amides is 2. The monoisotopic (exact) mass is 343 g/mol. The smallest absolute Gasteiger partial charge is 0.342 e. The van der Waals surface area contributed by atoms with Gasteiger partial charge in [0.25, 0.3) is 0 Å². The van der Waals surface area contributed by atoms with Crippen LogP contribution >= 0.6 is 11.6 Å². The van der Waals surface area contributed by atoms with Gasteiger partial charge in [-0.3, -0.25) is 0 Å². The fourth-order valence-electron chi connectivity index (χ4n) is 2.06. The van der Waals surface area contributed by atoms with Crippen LogP contribution in [0.15, 0.2) is 5.29 Å². The number of rotatable bonds is 5. The van der Waals surface area contributed by atoms with Gasteiger partial charge in [-0.25, -0.2) is 4.79 Å². The first kappa shape index (κ1) is 19.0. The Labute approximate surface area is 130 Å². The van der Waals surface area contributed by atoms with E-state index in [1.807, 2.05) is 0 Å². The highest BCUT2D eigenvalue weighted by Crippen LogP contribution is 2.33. The highest BCUT2D eigenvalue weighted by Gasteiger charge is 2.60. The number of aliphatic hydroxyl groups excluding tert-OH is 3. The van der Waals surface area contributed by atoms with Gasteiger partial charge in [0.1, 0.15) is 12.2 Å². The SMILES string of the molecule is C[C@]1(O)O[C@H](CO)[C@@H](O)[C@@](O)(NC(=O)N(CCCl)N=O)[C@H]1O. The number of hydrogen-bond acceptors (Lipinski definition) is 9. The Bertz CT molecular complexity index is 425. The van der Waals surface area contributed by atoms with Crippen molar-refractivity contribution < 1.29 is 35.1 Å². The number of nitroso groups, excluding NO2 is 1. The summed E-state index contributed by atoms with van der Waals surface area (Å²) in [5.74, 6) is -2.52. The number of hydrogen-bond donors (Lipinski definition) is 6. The molecule has 1 rings (SSSR count). The van der Waals surface area contributed by atoms with Crippen molar-refractivity contribution in [3.63, 3.8) is 0 Å². The Balaban J connectivity index is 3.05. The van der Waals surface area contributed by atoms with Gasteiger partial charge in [0.05, 0.1) is 18.4 Å². The fraction of sp³-hybridized carbons (Fsp3) is 0.900. The van der Waals surface area contributed by atoms with Crippen LogP contribution < -0.4 is 5.32 Å². The van der Waals surface area contributed by atoms with Gasteiger partial charge in [-0.15, -0.1) is 16.5 Å². The van der Waals surface area contributed by atoms with Gasteiger partial charge in [-0.05, 0) is 6.92 Å². The van der Waals surface area contributed by atoms with E-state index in [-0.39, 0.29) is 12.4 Å². The number of urea groups is 1. The van der Waals surface area contributed by atoms with Gasteiger partial charge in [0.15, 0.2) is 17.6 Å². The van der Waals surface area contributed by atoms with E-state index in [0.29, 0.717) is 5.01 Å². The summed E-state index contributed by atoms with van der Waals surface area (Å²) in [7, 11) is 0. The van der Waals surface area contributed by atoms with Gasteiger partial charge in [-0.2, -0.15) is 5.01 Å². The van der Waals surface area contributed by atoms with Crippen molar-refractivity contribution in [1.82, 2.24) is 10.3 Å². The summed E-state index contributed by atoms with van der Waals surface area (Å²) >= 11 is 5.37. The van der Waals surface area contributed by atoms with Crippen LogP contribution in [-0.4, -0.2) is 85.4 Å². The standard InChI is InChI=1S/C10H18ClN3O8/c1-9(19)7(17)10(20,6(16)5(4-15)22-9)12-8(18)14(13-21)3-2-11/h5-7,15-17,19-20H,2-4H2,1H3,(H,12,18)/t5-,6-,7+,9+,10+/m1/s1. The third kappa shape index (κ3) is 3.46. The van der Waals surface area contributed by atoms with Crippen LogP contribution in [0.4, 0.5) is 4.79 Å². The Hall–Kier alpha value is -1.08. The number of carbonyl (C=O) groups is 1. The number of aliphatic hydroxyl groups is 5. The van der Waals surface area contributed by atoms with E-state index in [1.165, 1.54) is 0 Å². The average molecular weight is 344 g/mol. The highest BCUT2D eigenvalue weighted by atomic mass is 35.5. The summed E-state index contributed by atoms with van der Waals surface area (Å²) in [4.78, 5) is 22.4. The first-order chi connectivity index (χ1) is 10.1. The second-order valence-electron chi connectivity index (χ2n) is 4.89. The van der Waals surface area contributed by atoms with E-state index in [0.717, 1.165) is 6.92 Å². The van der Waals surface area contributed by atoms with Gasteiger partial charge >= 0.3 is 6.03 Å². The maximum Gasteiger partial charge on any atom is 0.342 e. The van der Waals surface area contributed by atoms with Crippen molar-refractivity contribution in [1.29, 1.82) is 0 Å². The van der Waals surface area contributed by atoms with E-state index in [2.05, 4.69) is 5.29 Å². The van der Waals surface area contributed by atoms with Gasteiger partial charge in [-0.1, -0.05) is 0 Å². The molecule has 6 N–H and O–H groups in total. The number of nitrogens with one attached hydrogen (secondary N) is 1. The zero-order chi connectivity index (χ0) is 17.1. The number of alkyl halides is 1. The molecule has 11 nitrogen and oxygen atoms in total. The minimum absolute atomic E-state index is 0.136. The molecule has 5 atom stereocenters. The van der Waals surface area contributed by atoms with Gasteiger partial charge in [0.2, 0.25) is 0 Å². The summed E-state index contributed by atoms with van der Waals surface area (Å²) in [6, 6.07) is -1.27. The van der Waals surface area contributed by atoms with Gasteiger partial charge < -0.3 is 35.6 Å². The minimum atomic E-state index is -2.80. The van der Waals surface area contributed by atoms with Crippen molar-refractivity contribution in [3.05, 3.63) is 4.91 Å². The van der Waals surface area contributed by atoms with Crippen LogP contribution in [0.2, 0.25) is 0 Å². The molecule has 2 amide bonds. The molecule has 0 unspecified atom stereocenters.